The molecule has 0 aliphatic carbocycles. The Bertz CT molecular complexity index is 631. The highest BCUT2D eigenvalue weighted by atomic mass is 16.5. The lowest BCUT2D eigenvalue weighted by Gasteiger charge is -2.34. The highest BCUT2D eigenvalue weighted by Crippen LogP contribution is 2.25. The summed E-state index contributed by atoms with van der Waals surface area (Å²) in [5, 5.41) is 0. The Morgan fingerprint density at radius 1 is 1.23 bits per heavy atom. The van der Waals surface area contributed by atoms with Crippen LogP contribution >= 0.6 is 0 Å². The highest BCUT2D eigenvalue weighted by molar-refractivity contribution is 5.86. The van der Waals surface area contributed by atoms with Crippen molar-refractivity contribution in [1.82, 2.24) is 15.8 Å². The molecule has 142 valence electrons. The number of amides is 2. The number of nitrogens with zero attached hydrogens (tertiary/aromatic N) is 1. The largest absolute Gasteiger partial charge is 0.484 e. The molecule has 2 N–H and O–H groups in total. The van der Waals surface area contributed by atoms with Gasteiger partial charge in [-0.1, -0.05) is 12.1 Å². The van der Waals surface area contributed by atoms with E-state index in [1.54, 1.807) is 6.07 Å². The van der Waals surface area contributed by atoms with E-state index in [9.17, 15) is 9.59 Å². The monoisotopic (exact) mass is 361 g/mol. The normalized spacial score (nSPS) is 21.3. The molecule has 2 aliphatic heterocycles. The number of carbonyl (C=O) groups excluding carboxylic acids is 2. The SMILES string of the molecule is Cc1cccc(OCC(=O)NNC(=O)[C@H]2CCCN2C2CCOCC2)c1. The van der Waals surface area contributed by atoms with Crippen molar-refractivity contribution in [2.45, 2.75) is 44.7 Å². The van der Waals surface area contributed by atoms with Gasteiger partial charge < -0.3 is 9.47 Å². The van der Waals surface area contributed by atoms with Crippen LogP contribution in [0.4, 0.5) is 0 Å². The topological polar surface area (TPSA) is 79.9 Å². The van der Waals surface area contributed by atoms with E-state index in [4.69, 9.17) is 9.47 Å². The van der Waals surface area contributed by atoms with Crippen LogP contribution in [0.3, 0.4) is 0 Å². The van der Waals surface area contributed by atoms with Crippen molar-refractivity contribution in [3.05, 3.63) is 29.8 Å². The molecule has 7 heteroatoms. The number of hydrogen-bond donors (Lipinski definition) is 2. The summed E-state index contributed by atoms with van der Waals surface area (Å²) in [6.45, 7) is 4.25. The van der Waals surface area contributed by atoms with Crippen LogP contribution in [-0.2, 0) is 14.3 Å². The summed E-state index contributed by atoms with van der Waals surface area (Å²) >= 11 is 0. The molecule has 0 radical (unpaired) electrons. The zero-order chi connectivity index (χ0) is 18.4. The summed E-state index contributed by atoms with van der Waals surface area (Å²) < 4.78 is 10.8. The van der Waals surface area contributed by atoms with Gasteiger partial charge in [-0.3, -0.25) is 25.3 Å². The molecular weight excluding hydrogens is 334 g/mol. The number of likely N-dealkylation sites (tertiary alicyclic amines) is 1. The first-order valence-electron chi connectivity index (χ1n) is 9.25. The first-order chi connectivity index (χ1) is 12.6. The van der Waals surface area contributed by atoms with Gasteiger partial charge in [0.2, 0.25) is 0 Å². The van der Waals surface area contributed by atoms with Gasteiger partial charge in [0, 0.05) is 19.3 Å². The van der Waals surface area contributed by atoms with Crippen molar-refractivity contribution in [1.29, 1.82) is 0 Å². The molecule has 2 amide bonds. The van der Waals surface area contributed by atoms with E-state index >= 15 is 0 Å². The van der Waals surface area contributed by atoms with Gasteiger partial charge in [0.05, 0.1) is 6.04 Å². The maximum Gasteiger partial charge on any atom is 0.276 e. The van der Waals surface area contributed by atoms with Crippen molar-refractivity contribution in [2.75, 3.05) is 26.4 Å². The van der Waals surface area contributed by atoms with Crippen LogP contribution in [0.5, 0.6) is 5.75 Å². The summed E-state index contributed by atoms with van der Waals surface area (Å²) in [6, 6.07) is 7.69. The minimum Gasteiger partial charge on any atom is -0.484 e. The van der Waals surface area contributed by atoms with Gasteiger partial charge in [-0.05, 0) is 56.8 Å². The minimum absolute atomic E-state index is 0.141. The summed E-state index contributed by atoms with van der Waals surface area (Å²) in [5.41, 5.74) is 6.06. The molecule has 26 heavy (non-hydrogen) atoms. The molecule has 2 fully saturated rings. The van der Waals surface area contributed by atoms with Gasteiger partial charge in [0.1, 0.15) is 5.75 Å². The lowest BCUT2D eigenvalue weighted by atomic mass is 10.1. The third-order valence-corrected chi connectivity index (χ3v) is 4.94. The standard InChI is InChI=1S/C19H27N3O4/c1-14-4-2-5-16(12-14)26-13-18(23)20-21-19(24)17-6-3-9-22(17)15-7-10-25-11-8-15/h2,4-5,12,15,17H,3,6-11,13H2,1H3,(H,20,23)(H,21,24)/t17-/m1/s1. The maximum atomic E-state index is 12.5. The molecular formula is C19H27N3O4. The molecule has 1 aromatic carbocycles. The Kier molecular flexibility index (Phi) is 6.46. The Morgan fingerprint density at radius 3 is 2.81 bits per heavy atom. The molecule has 0 bridgehead atoms. The van der Waals surface area contributed by atoms with Crippen LogP contribution < -0.4 is 15.6 Å². The number of nitrogens with one attached hydrogen (secondary N) is 2. The second kappa shape index (κ2) is 9.00. The van der Waals surface area contributed by atoms with Crippen LogP contribution in [-0.4, -0.2) is 55.2 Å². The first-order valence-corrected chi connectivity index (χ1v) is 9.25. The molecule has 0 aromatic heterocycles. The lowest BCUT2D eigenvalue weighted by Crippen LogP contribution is -2.53. The zero-order valence-electron chi connectivity index (χ0n) is 15.2. The fraction of sp³-hybridized carbons (Fsp3) is 0.579. The molecule has 2 saturated heterocycles. The fourth-order valence-corrected chi connectivity index (χ4v) is 3.63. The van der Waals surface area contributed by atoms with Crippen LogP contribution in [0.25, 0.3) is 0 Å². The van der Waals surface area contributed by atoms with Gasteiger partial charge >= 0.3 is 0 Å². The van der Waals surface area contributed by atoms with E-state index in [-0.39, 0.29) is 24.5 Å². The fourth-order valence-electron chi connectivity index (χ4n) is 3.63. The molecule has 3 rings (SSSR count). The second-order valence-corrected chi connectivity index (χ2v) is 6.88. The van der Waals surface area contributed by atoms with Gasteiger partial charge in [0.25, 0.3) is 11.8 Å². The van der Waals surface area contributed by atoms with Gasteiger partial charge in [-0.2, -0.15) is 0 Å². The van der Waals surface area contributed by atoms with E-state index in [1.165, 1.54) is 0 Å². The second-order valence-electron chi connectivity index (χ2n) is 6.88. The molecule has 2 heterocycles. The minimum atomic E-state index is -0.379. The molecule has 7 nitrogen and oxygen atoms in total. The molecule has 0 saturated carbocycles. The van der Waals surface area contributed by atoms with Gasteiger partial charge in [0.15, 0.2) is 6.61 Å². The maximum absolute atomic E-state index is 12.5. The molecule has 0 spiro atoms. The summed E-state index contributed by atoms with van der Waals surface area (Å²) in [4.78, 5) is 26.7. The first kappa shape index (κ1) is 18.7. The molecule has 0 unspecified atom stereocenters. The predicted molar refractivity (Wildman–Crippen MR) is 96.5 cm³/mol. The number of hydrogen-bond acceptors (Lipinski definition) is 5. The van der Waals surface area contributed by atoms with Crippen LogP contribution in [0.15, 0.2) is 24.3 Å². The third-order valence-electron chi connectivity index (χ3n) is 4.94. The predicted octanol–water partition coefficient (Wildman–Crippen LogP) is 1.16. The number of rotatable bonds is 5. The van der Waals surface area contributed by atoms with Crippen molar-refractivity contribution in [3.63, 3.8) is 0 Å². The van der Waals surface area contributed by atoms with E-state index in [0.717, 1.165) is 51.0 Å². The Balaban J connectivity index is 1.43. The van der Waals surface area contributed by atoms with Crippen LogP contribution in [0.1, 0.15) is 31.2 Å². The average molecular weight is 361 g/mol. The number of hydrazine groups is 1. The molecule has 1 atom stereocenters. The number of aryl methyl sites for hydroxylation is 1. The summed E-state index contributed by atoms with van der Waals surface area (Å²) in [5.74, 6) is 0.0985. The van der Waals surface area contributed by atoms with E-state index in [1.807, 2.05) is 25.1 Å². The van der Waals surface area contributed by atoms with E-state index in [2.05, 4.69) is 15.8 Å². The number of ether oxygens (including phenoxy) is 2. The van der Waals surface area contributed by atoms with Gasteiger partial charge in [-0.25, -0.2) is 0 Å². The quantitative estimate of drug-likeness (QED) is 0.770. The van der Waals surface area contributed by atoms with Gasteiger partial charge in [-0.15, -0.1) is 0 Å². The van der Waals surface area contributed by atoms with Crippen molar-refractivity contribution in [3.8, 4) is 5.75 Å². The van der Waals surface area contributed by atoms with E-state index in [0.29, 0.717) is 11.8 Å². The van der Waals surface area contributed by atoms with Crippen molar-refractivity contribution >= 4 is 11.8 Å². The zero-order valence-corrected chi connectivity index (χ0v) is 15.2. The third kappa shape index (κ3) is 4.95. The average Bonchev–Trinajstić information content (AvgIpc) is 3.15. The molecule has 2 aliphatic rings. The molecule has 1 aromatic rings. The van der Waals surface area contributed by atoms with Crippen LogP contribution in [0.2, 0.25) is 0 Å². The van der Waals surface area contributed by atoms with Crippen molar-refractivity contribution < 1.29 is 19.1 Å². The smallest absolute Gasteiger partial charge is 0.276 e. The summed E-state index contributed by atoms with van der Waals surface area (Å²) in [6.07, 6.45) is 3.74. The lowest BCUT2D eigenvalue weighted by molar-refractivity contribution is -0.133. The Hall–Kier alpha value is -2.12. The Morgan fingerprint density at radius 2 is 2.04 bits per heavy atom. The summed E-state index contributed by atoms with van der Waals surface area (Å²) in [7, 11) is 0. The highest BCUT2D eigenvalue weighted by Gasteiger charge is 2.36. The number of carbonyl (C=O) groups is 2. The van der Waals surface area contributed by atoms with E-state index < -0.39 is 0 Å². The number of benzene rings is 1. The van der Waals surface area contributed by atoms with Crippen LogP contribution in [0, 0.1) is 6.92 Å². The Labute approximate surface area is 154 Å². The van der Waals surface area contributed by atoms with Crippen molar-refractivity contribution in [2.24, 2.45) is 0 Å².